The standard InChI is InChI=1S/C25H18ClN3O5/c1-34-25(33)16-8-6-12-19(14-16)29-23(31)20(26)21(24(29)32)27-18-11-5-7-15(13-18)22(30)28-17-9-3-2-4-10-17/h2-14,27H,1H3,(H,28,30). The molecule has 0 bridgehead atoms. The quantitative estimate of drug-likeness (QED) is 0.409. The Hall–Kier alpha value is -4.43. The van der Waals surface area contributed by atoms with E-state index in [1.165, 1.54) is 37.4 Å². The lowest BCUT2D eigenvalue weighted by molar-refractivity contribution is -0.120. The normalized spacial score (nSPS) is 13.2. The molecule has 3 aromatic rings. The molecule has 170 valence electrons. The molecule has 1 aliphatic heterocycles. The lowest BCUT2D eigenvalue weighted by atomic mass is 10.1. The molecule has 0 radical (unpaired) electrons. The molecule has 4 rings (SSSR count). The van der Waals surface area contributed by atoms with Crippen LogP contribution in [0.2, 0.25) is 0 Å². The van der Waals surface area contributed by atoms with Crippen LogP contribution in [0.1, 0.15) is 20.7 Å². The first kappa shape index (κ1) is 22.8. The van der Waals surface area contributed by atoms with Gasteiger partial charge in [0.15, 0.2) is 0 Å². The zero-order chi connectivity index (χ0) is 24.2. The monoisotopic (exact) mass is 475 g/mol. The minimum Gasteiger partial charge on any atom is -0.465 e. The predicted molar refractivity (Wildman–Crippen MR) is 128 cm³/mol. The van der Waals surface area contributed by atoms with Crippen molar-refractivity contribution in [1.29, 1.82) is 0 Å². The zero-order valence-corrected chi connectivity index (χ0v) is 18.6. The molecule has 0 unspecified atom stereocenters. The summed E-state index contributed by atoms with van der Waals surface area (Å²) in [5, 5.41) is 5.31. The van der Waals surface area contributed by atoms with Gasteiger partial charge < -0.3 is 15.4 Å². The van der Waals surface area contributed by atoms with Gasteiger partial charge >= 0.3 is 5.97 Å². The molecule has 9 heteroatoms. The number of nitrogens with zero attached hydrogens (tertiary/aromatic N) is 1. The number of imide groups is 1. The number of amides is 3. The van der Waals surface area contributed by atoms with Crippen molar-refractivity contribution in [3.63, 3.8) is 0 Å². The van der Waals surface area contributed by atoms with Crippen LogP contribution in [0.15, 0.2) is 89.6 Å². The van der Waals surface area contributed by atoms with Crippen LogP contribution >= 0.6 is 11.6 Å². The smallest absolute Gasteiger partial charge is 0.337 e. The number of hydrogen-bond acceptors (Lipinski definition) is 6. The molecule has 0 aromatic heterocycles. The Kier molecular flexibility index (Phi) is 6.42. The van der Waals surface area contributed by atoms with E-state index in [1.807, 2.05) is 6.07 Å². The maximum atomic E-state index is 13.0. The number of para-hydroxylation sites is 1. The summed E-state index contributed by atoms with van der Waals surface area (Å²) in [5.41, 5.74) is 1.57. The summed E-state index contributed by atoms with van der Waals surface area (Å²) in [4.78, 5) is 51.1. The number of methoxy groups -OCH3 is 1. The van der Waals surface area contributed by atoms with E-state index in [9.17, 15) is 19.2 Å². The summed E-state index contributed by atoms with van der Waals surface area (Å²) in [5.74, 6) is -2.39. The molecule has 3 aromatic carbocycles. The highest BCUT2D eigenvalue weighted by atomic mass is 35.5. The van der Waals surface area contributed by atoms with Crippen molar-refractivity contribution in [2.45, 2.75) is 0 Å². The van der Waals surface area contributed by atoms with Crippen LogP contribution in [0.3, 0.4) is 0 Å². The molecule has 1 aliphatic rings. The molecular weight excluding hydrogens is 458 g/mol. The van der Waals surface area contributed by atoms with Crippen LogP contribution < -0.4 is 15.5 Å². The van der Waals surface area contributed by atoms with Crippen LogP contribution in [0.5, 0.6) is 0 Å². The van der Waals surface area contributed by atoms with E-state index in [1.54, 1.807) is 42.5 Å². The highest BCUT2D eigenvalue weighted by Crippen LogP contribution is 2.31. The molecule has 0 atom stereocenters. The molecule has 34 heavy (non-hydrogen) atoms. The maximum Gasteiger partial charge on any atom is 0.337 e. The summed E-state index contributed by atoms with van der Waals surface area (Å²) in [7, 11) is 1.23. The van der Waals surface area contributed by atoms with E-state index < -0.39 is 17.8 Å². The van der Waals surface area contributed by atoms with E-state index in [-0.39, 0.29) is 27.9 Å². The van der Waals surface area contributed by atoms with Crippen molar-refractivity contribution < 1.29 is 23.9 Å². The zero-order valence-electron chi connectivity index (χ0n) is 17.9. The van der Waals surface area contributed by atoms with E-state index in [2.05, 4.69) is 15.4 Å². The fraction of sp³-hybridized carbons (Fsp3) is 0.0400. The van der Waals surface area contributed by atoms with Crippen LogP contribution in [0, 0.1) is 0 Å². The summed E-state index contributed by atoms with van der Waals surface area (Å²) >= 11 is 6.19. The number of rotatable bonds is 6. The average molecular weight is 476 g/mol. The number of nitrogens with one attached hydrogen (secondary N) is 2. The van der Waals surface area contributed by atoms with Gasteiger partial charge in [-0.2, -0.15) is 0 Å². The molecule has 0 fully saturated rings. The van der Waals surface area contributed by atoms with Crippen molar-refractivity contribution in [2.24, 2.45) is 0 Å². The van der Waals surface area contributed by atoms with Gasteiger partial charge in [0, 0.05) is 16.9 Å². The molecule has 0 saturated heterocycles. The van der Waals surface area contributed by atoms with Gasteiger partial charge in [0.2, 0.25) is 0 Å². The van der Waals surface area contributed by atoms with Gasteiger partial charge in [-0.1, -0.05) is 41.9 Å². The van der Waals surface area contributed by atoms with Crippen LogP contribution in [-0.2, 0) is 14.3 Å². The van der Waals surface area contributed by atoms with Crippen molar-refractivity contribution >= 4 is 52.4 Å². The number of anilines is 3. The third-order valence-corrected chi connectivity index (χ3v) is 5.33. The van der Waals surface area contributed by atoms with E-state index in [0.29, 0.717) is 16.9 Å². The summed E-state index contributed by atoms with van der Waals surface area (Å²) in [6.45, 7) is 0. The Balaban J connectivity index is 1.55. The second-order valence-corrected chi connectivity index (χ2v) is 7.58. The Morgan fingerprint density at radius 1 is 0.824 bits per heavy atom. The minimum absolute atomic E-state index is 0.143. The molecule has 1 heterocycles. The second-order valence-electron chi connectivity index (χ2n) is 7.20. The molecule has 0 saturated carbocycles. The number of carbonyl (C=O) groups is 4. The lowest BCUT2D eigenvalue weighted by Crippen LogP contribution is -2.32. The second kappa shape index (κ2) is 9.60. The van der Waals surface area contributed by atoms with Crippen molar-refractivity contribution in [3.05, 3.63) is 101 Å². The number of hydrogen-bond donors (Lipinski definition) is 2. The SMILES string of the molecule is COC(=O)c1cccc(N2C(=O)C(Cl)=C(Nc3cccc(C(=O)Nc4ccccc4)c3)C2=O)c1. The Bertz CT molecular complexity index is 1340. The largest absolute Gasteiger partial charge is 0.465 e. The van der Waals surface area contributed by atoms with Gasteiger partial charge in [0.25, 0.3) is 17.7 Å². The van der Waals surface area contributed by atoms with Crippen molar-refractivity contribution in [1.82, 2.24) is 0 Å². The number of benzene rings is 3. The van der Waals surface area contributed by atoms with Gasteiger partial charge in [-0.3, -0.25) is 14.4 Å². The predicted octanol–water partition coefficient (Wildman–Crippen LogP) is 4.16. The maximum absolute atomic E-state index is 13.0. The third-order valence-electron chi connectivity index (χ3n) is 4.98. The molecule has 0 aliphatic carbocycles. The lowest BCUT2D eigenvalue weighted by Gasteiger charge is -2.16. The Morgan fingerprint density at radius 3 is 2.24 bits per heavy atom. The first-order valence-corrected chi connectivity index (χ1v) is 10.5. The molecule has 8 nitrogen and oxygen atoms in total. The van der Waals surface area contributed by atoms with E-state index >= 15 is 0 Å². The number of carbonyl (C=O) groups excluding carboxylic acids is 4. The highest BCUT2D eigenvalue weighted by molar-refractivity contribution is 6.53. The van der Waals surface area contributed by atoms with Crippen molar-refractivity contribution in [3.8, 4) is 0 Å². The molecule has 3 amide bonds. The van der Waals surface area contributed by atoms with Crippen LogP contribution in [0.4, 0.5) is 17.1 Å². The average Bonchev–Trinajstić information content (AvgIpc) is 3.07. The number of esters is 1. The van der Waals surface area contributed by atoms with Crippen molar-refractivity contribution in [2.75, 3.05) is 22.6 Å². The highest BCUT2D eigenvalue weighted by Gasteiger charge is 2.39. The topological polar surface area (TPSA) is 105 Å². The Morgan fingerprint density at radius 2 is 1.50 bits per heavy atom. The van der Waals surface area contributed by atoms with Gasteiger partial charge in [-0.15, -0.1) is 0 Å². The van der Waals surface area contributed by atoms with Gasteiger partial charge in [0.05, 0.1) is 18.4 Å². The molecular formula is C25H18ClN3O5. The Labute approximate surface area is 199 Å². The molecule has 0 spiro atoms. The number of halogens is 1. The molecule has 2 N–H and O–H groups in total. The summed E-state index contributed by atoms with van der Waals surface area (Å²) in [6.07, 6.45) is 0. The first-order valence-electron chi connectivity index (χ1n) is 10.1. The summed E-state index contributed by atoms with van der Waals surface area (Å²) < 4.78 is 4.69. The van der Waals surface area contributed by atoms with Gasteiger partial charge in [0.1, 0.15) is 10.7 Å². The van der Waals surface area contributed by atoms with Gasteiger partial charge in [-0.25, -0.2) is 9.69 Å². The third kappa shape index (κ3) is 4.53. The fourth-order valence-electron chi connectivity index (χ4n) is 3.34. The summed E-state index contributed by atoms with van der Waals surface area (Å²) in [6, 6.07) is 21.3. The minimum atomic E-state index is -0.742. The van der Waals surface area contributed by atoms with E-state index in [4.69, 9.17) is 11.6 Å². The first-order chi connectivity index (χ1) is 16.4. The fourth-order valence-corrected chi connectivity index (χ4v) is 3.56. The van der Waals surface area contributed by atoms with Crippen LogP contribution in [-0.4, -0.2) is 30.8 Å². The van der Waals surface area contributed by atoms with E-state index in [0.717, 1.165) is 4.90 Å². The van der Waals surface area contributed by atoms with Gasteiger partial charge in [-0.05, 0) is 48.5 Å². The number of ether oxygens (including phenoxy) is 1. The van der Waals surface area contributed by atoms with Crippen LogP contribution in [0.25, 0.3) is 0 Å².